The molecule has 0 radical (unpaired) electrons. The highest BCUT2D eigenvalue weighted by atomic mass is 19.4. The summed E-state index contributed by atoms with van der Waals surface area (Å²) < 4.78 is 39.3. The number of urea groups is 1. The fraction of sp³-hybridized carbons (Fsp3) is 0.250. The number of aromatic amines is 1. The highest BCUT2D eigenvalue weighted by Crippen LogP contribution is 2.29. The van der Waals surface area contributed by atoms with Crippen LogP contribution in [0.2, 0.25) is 0 Å². The number of hydrogen-bond acceptors (Lipinski definition) is 3. The number of aryl methyl sites for hydroxylation is 1. The van der Waals surface area contributed by atoms with Crippen LogP contribution < -0.4 is 16.2 Å². The van der Waals surface area contributed by atoms with Crippen molar-refractivity contribution < 1.29 is 18.0 Å². The topological polar surface area (TPSA) is 91.8 Å². The van der Waals surface area contributed by atoms with E-state index in [-0.39, 0.29) is 6.54 Å². The number of carbonyl (C=O) groups is 1. The molecule has 0 fully saturated rings. The molecule has 0 spiro atoms. The van der Waals surface area contributed by atoms with E-state index in [1.165, 1.54) is 6.20 Å². The van der Waals surface area contributed by atoms with Gasteiger partial charge in [-0.25, -0.2) is 9.78 Å². The molecule has 2 aromatic rings. The number of nitrogens with one attached hydrogen (secondary N) is 3. The van der Waals surface area contributed by atoms with Crippen molar-refractivity contribution >= 4 is 11.7 Å². The zero-order valence-electron chi connectivity index (χ0n) is 11.4. The highest BCUT2D eigenvalue weighted by Gasteiger charge is 2.31. The van der Waals surface area contributed by atoms with Gasteiger partial charge in [0.15, 0.2) is 0 Å². The third-order valence-electron chi connectivity index (χ3n) is 2.81. The zero-order valence-corrected chi connectivity index (χ0v) is 11.4. The maximum Gasteiger partial charge on any atom is 0.417 e. The lowest BCUT2D eigenvalue weighted by Gasteiger charge is -2.10. The lowest BCUT2D eigenvalue weighted by atomic mass is 10.2. The van der Waals surface area contributed by atoms with Gasteiger partial charge in [-0.05, 0) is 6.07 Å². The summed E-state index contributed by atoms with van der Waals surface area (Å²) in [5.74, 6) is 0.549. The number of carbonyl (C=O) groups excluding carboxylic acids is 1. The first-order valence-corrected chi connectivity index (χ1v) is 6.08. The van der Waals surface area contributed by atoms with Gasteiger partial charge in [-0.1, -0.05) is 0 Å². The molecular formula is C12H12F3N5O2. The van der Waals surface area contributed by atoms with Gasteiger partial charge in [-0.15, -0.1) is 0 Å². The van der Waals surface area contributed by atoms with Crippen molar-refractivity contribution in [3.63, 3.8) is 0 Å². The lowest BCUT2D eigenvalue weighted by molar-refractivity contribution is -0.137. The van der Waals surface area contributed by atoms with Crippen LogP contribution in [0.25, 0.3) is 0 Å². The Labute approximate surface area is 122 Å². The Kier molecular flexibility index (Phi) is 4.20. The minimum absolute atomic E-state index is 0.0617. The molecule has 0 bridgehead atoms. The Hall–Kier alpha value is -2.78. The summed E-state index contributed by atoms with van der Waals surface area (Å²) in [6.07, 6.45) is -0.873. The van der Waals surface area contributed by atoms with E-state index >= 15 is 0 Å². The van der Waals surface area contributed by atoms with E-state index in [4.69, 9.17) is 0 Å². The second-order valence-electron chi connectivity index (χ2n) is 4.39. The number of H-pyrrole nitrogens is 1. The largest absolute Gasteiger partial charge is 0.417 e. The summed E-state index contributed by atoms with van der Waals surface area (Å²) in [5.41, 5.74) is -2.39. The van der Waals surface area contributed by atoms with Gasteiger partial charge in [0.05, 0.1) is 12.1 Å². The molecule has 7 nitrogen and oxygen atoms in total. The minimum atomic E-state index is -4.62. The Morgan fingerprint density at radius 2 is 2.18 bits per heavy atom. The standard InChI is InChI=1S/C12H12F3N5O2/c1-20-3-2-16-9(20)6-18-11(22)19-8-4-7(12(13,14)15)5-17-10(8)21/h2-5H,6H2,1H3,(H,17,21)(H2,18,19,22). The fourth-order valence-electron chi connectivity index (χ4n) is 1.63. The molecule has 2 amide bonds. The molecule has 2 heterocycles. The van der Waals surface area contributed by atoms with Gasteiger partial charge < -0.3 is 20.2 Å². The molecular weight excluding hydrogens is 303 g/mol. The second-order valence-corrected chi connectivity index (χ2v) is 4.39. The maximum absolute atomic E-state index is 12.6. The quantitative estimate of drug-likeness (QED) is 0.800. The van der Waals surface area contributed by atoms with E-state index in [0.29, 0.717) is 18.1 Å². The summed E-state index contributed by atoms with van der Waals surface area (Å²) in [7, 11) is 1.72. The number of pyridine rings is 1. The molecule has 3 N–H and O–H groups in total. The van der Waals surface area contributed by atoms with E-state index < -0.39 is 29.0 Å². The van der Waals surface area contributed by atoms with Crippen LogP contribution in [0.5, 0.6) is 0 Å². The smallest absolute Gasteiger partial charge is 0.337 e. The number of nitrogens with zero attached hydrogens (tertiary/aromatic N) is 2. The molecule has 0 saturated carbocycles. The Bertz CT molecular complexity index is 735. The second kappa shape index (κ2) is 5.92. The Morgan fingerprint density at radius 3 is 2.77 bits per heavy atom. The van der Waals surface area contributed by atoms with Crippen LogP contribution in [0, 0.1) is 0 Å². The molecule has 0 unspecified atom stereocenters. The van der Waals surface area contributed by atoms with Crippen LogP contribution in [0.3, 0.4) is 0 Å². The molecule has 118 valence electrons. The van der Waals surface area contributed by atoms with Crippen molar-refractivity contribution in [3.05, 3.63) is 46.4 Å². The molecule has 0 saturated heterocycles. The summed E-state index contributed by atoms with van der Waals surface area (Å²) in [6, 6.07) is -0.244. The summed E-state index contributed by atoms with van der Waals surface area (Å²) in [4.78, 5) is 29.0. The first-order valence-electron chi connectivity index (χ1n) is 6.08. The number of imidazole rings is 1. The minimum Gasteiger partial charge on any atom is -0.337 e. The molecule has 0 aliphatic heterocycles. The number of rotatable bonds is 3. The lowest BCUT2D eigenvalue weighted by Crippen LogP contribution is -2.31. The van der Waals surface area contributed by atoms with Gasteiger partial charge in [0, 0.05) is 25.6 Å². The summed E-state index contributed by atoms with van der Waals surface area (Å²) in [6.45, 7) is 0.0617. The van der Waals surface area contributed by atoms with Crippen LogP contribution in [0.4, 0.5) is 23.7 Å². The average molecular weight is 315 g/mol. The fourth-order valence-corrected chi connectivity index (χ4v) is 1.63. The summed E-state index contributed by atoms with van der Waals surface area (Å²) in [5, 5.41) is 4.47. The molecule has 0 aliphatic carbocycles. The molecule has 0 aliphatic rings. The third kappa shape index (κ3) is 3.65. The van der Waals surface area contributed by atoms with Crippen molar-refractivity contribution in [3.8, 4) is 0 Å². The number of hydrogen-bond donors (Lipinski definition) is 3. The molecule has 2 rings (SSSR count). The average Bonchev–Trinajstić information content (AvgIpc) is 2.83. The molecule has 22 heavy (non-hydrogen) atoms. The normalized spacial score (nSPS) is 11.3. The third-order valence-corrected chi connectivity index (χ3v) is 2.81. The van der Waals surface area contributed by atoms with Crippen LogP contribution in [-0.4, -0.2) is 20.6 Å². The molecule has 10 heteroatoms. The van der Waals surface area contributed by atoms with Gasteiger partial charge in [-0.2, -0.15) is 13.2 Å². The summed E-state index contributed by atoms with van der Waals surface area (Å²) >= 11 is 0. The maximum atomic E-state index is 12.6. The van der Waals surface area contributed by atoms with Gasteiger partial charge in [-0.3, -0.25) is 4.79 Å². The van der Waals surface area contributed by atoms with Crippen molar-refractivity contribution in [2.75, 3.05) is 5.32 Å². The molecule has 0 atom stereocenters. The number of alkyl halides is 3. The van der Waals surface area contributed by atoms with Crippen LogP contribution in [-0.2, 0) is 19.8 Å². The van der Waals surface area contributed by atoms with Crippen LogP contribution in [0.1, 0.15) is 11.4 Å². The van der Waals surface area contributed by atoms with Crippen molar-refractivity contribution in [2.45, 2.75) is 12.7 Å². The Balaban J connectivity index is 2.05. The monoisotopic (exact) mass is 315 g/mol. The van der Waals surface area contributed by atoms with Crippen LogP contribution >= 0.6 is 0 Å². The van der Waals surface area contributed by atoms with Crippen molar-refractivity contribution in [1.29, 1.82) is 0 Å². The number of amides is 2. The SMILES string of the molecule is Cn1ccnc1CNC(=O)Nc1cc(C(F)(F)F)c[nH]c1=O. The van der Waals surface area contributed by atoms with Gasteiger partial charge in [0.2, 0.25) is 0 Å². The van der Waals surface area contributed by atoms with E-state index in [1.807, 2.05) is 4.98 Å². The molecule has 0 aromatic carbocycles. The Morgan fingerprint density at radius 1 is 1.45 bits per heavy atom. The van der Waals surface area contributed by atoms with Crippen molar-refractivity contribution in [2.24, 2.45) is 7.05 Å². The van der Waals surface area contributed by atoms with Crippen molar-refractivity contribution in [1.82, 2.24) is 19.9 Å². The first kappa shape index (κ1) is 15.6. The van der Waals surface area contributed by atoms with E-state index in [9.17, 15) is 22.8 Å². The van der Waals surface area contributed by atoms with Crippen LogP contribution in [0.15, 0.2) is 29.5 Å². The number of anilines is 1. The predicted octanol–water partition coefficient (Wildman–Crippen LogP) is 1.45. The predicted molar refractivity (Wildman–Crippen MR) is 71.1 cm³/mol. The van der Waals surface area contributed by atoms with E-state index in [2.05, 4.69) is 15.6 Å². The van der Waals surface area contributed by atoms with Gasteiger partial charge in [0.25, 0.3) is 5.56 Å². The highest BCUT2D eigenvalue weighted by molar-refractivity contribution is 5.88. The zero-order chi connectivity index (χ0) is 16.3. The van der Waals surface area contributed by atoms with Gasteiger partial charge >= 0.3 is 12.2 Å². The molecule has 2 aromatic heterocycles. The number of aromatic nitrogens is 3. The number of halogens is 3. The van der Waals surface area contributed by atoms with Gasteiger partial charge in [0.1, 0.15) is 11.5 Å². The van der Waals surface area contributed by atoms with E-state index in [1.54, 1.807) is 17.8 Å². The van der Waals surface area contributed by atoms with E-state index in [0.717, 1.165) is 0 Å². The first-order chi connectivity index (χ1) is 10.3.